The van der Waals surface area contributed by atoms with Crippen molar-refractivity contribution in [2.45, 2.75) is 58.2 Å². The second-order valence-electron chi connectivity index (χ2n) is 7.09. The molecule has 0 spiro atoms. The van der Waals surface area contributed by atoms with E-state index in [0.717, 1.165) is 24.0 Å². The fourth-order valence-corrected chi connectivity index (χ4v) is 4.21. The van der Waals surface area contributed by atoms with Crippen molar-refractivity contribution < 1.29 is 0 Å². The second-order valence-corrected chi connectivity index (χ2v) is 7.09. The first kappa shape index (κ1) is 13.8. The van der Waals surface area contributed by atoms with E-state index in [1.165, 1.54) is 58.5 Å². The van der Waals surface area contributed by atoms with Crippen molar-refractivity contribution in [3.63, 3.8) is 0 Å². The van der Waals surface area contributed by atoms with Crippen LogP contribution in [0, 0.1) is 5.92 Å². The highest BCUT2D eigenvalue weighted by atomic mass is 15.4. The Labute approximate surface area is 118 Å². The largest absolute Gasteiger partial charge is 0.301 e. The summed E-state index contributed by atoms with van der Waals surface area (Å²) in [6.07, 6.45) is 4.30. The molecule has 0 N–H and O–H groups in total. The fourth-order valence-electron chi connectivity index (χ4n) is 4.21. The standard InChI is InChI=1S/C16H31N3/c1-4-17-8-9-19(16-10-15(16)17)12-14-6-5-7-18(11-14)13(2)3/h13-16H,4-12H2,1-3H3. The first-order valence-corrected chi connectivity index (χ1v) is 8.41. The number of hydrogen-bond donors (Lipinski definition) is 0. The molecular formula is C16H31N3. The van der Waals surface area contributed by atoms with Crippen LogP contribution in [-0.2, 0) is 0 Å². The predicted octanol–water partition coefficient (Wildman–Crippen LogP) is 1.89. The average molecular weight is 265 g/mol. The summed E-state index contributed by atoms with van der Waals surface area (Å²) in [6.45, 7) is 14.9. The van der Waals surface area contributed by atoms with Gasteiger partial charge in [-0.25, -0.2) is 0 Å². The van der Waals surface area contributed by atoms with E-state index in [1.807, 2.05) is 0 Å². The van der Waals surface area contributed by atoms with Gasteiger partial charge in [0.2, 0.25) is 0 Å². The van der Waals surface area contributed by atoms with Crippen molar-refractivity contribution in [3.05, 3.63) is 0 Å². The molecular weight excluding hydrogens is 234 g/mol. The van der Waals surface area contributed by atoms with Gasteiger partial charge < -0.3 is 4.90 Å². The lowest BCUT2D eigenvalue weighted by Crippen LogP contribution is -2.50. The van der Waals surface area contributed by atoms with Gasteiger partial charge >= 0.3 is 0 Å². The molecule has 3 fully saturated rings. The average Bonchev–Trinajstić information content (AvgIpc) is 3.20. The first-order valence-electron chi connectivity index (χ1n) is 8.41. The van der Waals surface area contributed by atoms with Gasteiger partial charge in [-0.2, -0.15) is 0 Å². The minimum atomic E-state index is 0.730. The van der Waals surface area contributed by atoms with Crippen LogP contribution in [-0.4, -0.2) is 72.1 Å². The summed E-state index contributed by atoms with van der Waals surface area (Å²) in [6, 6.07) is 2.54. The molecule has 3 rings (SSSR count). The van der Waals surface area contributed by atoms with Gasteiger partial charge in [0, 0.05) is 44.3 Å². The molecule has 1 aliphatic carbocycles. The minimum Gasteiger partial charge on any atom is -0.301 e. The molecule has 2 heterocycles. The van der Waals surface area contributed by atoms with Gasteiger partial charge in [0.15, 0.2) is 0 Å². The Hall–Kier alpha value is -0.120. The van der Waals surface area contributed by atoms with Crippen LogP contribution in [0.15, 0.2) is 0 Å². The number of nitrogens with zero attached hydrogens (tertiary/aromatic N) is 3. The van der Waals surface area contributed by atoms with E-state index < -0.39 is 0 Å². The van der Waals surface area contributed by atoms with Crippen molar-refractivity contribution >= 4 is 0 Å². The number of hydrogen-bond acceptors (Lipinski definition) is 3. The lowest BCUT2D eigenvalue weighted by atomic mass is 9.96. The molecule has 0 aromatic rings. The zero-order chi connectivity index (χ0) is 13.4. The molecule has 0 radical (unpaired) electrons. The van der Waals surface area contributed by atoms with Crippen molar-refractivity contribution in [1.29, 1.82) is 0 Å². The van der Waals surface area contributed by atoms with Crippen LogP contribution < -0.4 is 0 Å². The zero-order valence-electron chi connectivity index (χ0n) is 13.0. The van der Waals surface area contributed by atoms with Crippen molar-refractivity contribution in [1.82, 2.24) is 14.7 Å². The molecule has 110 valence electrons. The Kier molecular flexibility index (Phi) is 4.16. The lowest BCUT2D eigenvalue weighted by molar-refractivity contribution is 0.0789. The molecule has 3 aliphatic rings. The van der Waals surface area contributed by atoms with Crippen LogP contribution in [0.2, 0.25) is 0 Å². The maximum absolute atomic E-state index is 2.81. The van der Waals surface area contributed by atoms with Crippen molar-refractivity contribution in [3.8, 4) is 0 Å². The monoisotopic (exact) mass is 265 g/mol. The number of likely N-dealkylation sites (N-methyl/N-ethyl adjacent to an activating group) is 1. The molecule has 3 heteroatoms. The quantitative estimate of drug-likeness (QED) is 0.768. The third-order valence-electron chi connectivity index (χ3n) is 5.52. The number of fused-ring (bicyclic) bond motifs is 1. The van der Waals surface area contributed by atoms with E-state index in [9.17, 15) is 0 Å². The molecule has 2 aliphatic heterocycles. The Balaban J connectivity index is 1.50. The van der Waals surface area contributed by atoms with E-state index in [2.05, 4.69) is 35.5 Å². The molecule has 3 nitrogen and oxygen atoms in total. The maximum atomic E-state index is 2.81. The Morgan fingerprint density at radius 1 is 1.05 bits per heavy atom. The van der Waals surface area contributed by atoms with E-state index in [0.29, 0.717) is 0 Å². The number of piperidine rings is 1. The van der Waals surface area contributed by atoms with Gasteiger partial charge in [0.1, 0.15) is 0 Å². The second kappa shape index (κ2) is 5.71. The molecule has 0 amide bonds. The van der Waals surface area contributed by atoms with Crippen molar-refractivity contribution in [2.75, 3.05) is 39.3 Å². The van der Waals surface area contributed by atoms with E-state index in [-0.39, 0.29) is 0 Å². The SMILES string of the molecule is CCN1CCN(CC2CCCN(C(C)C)C2)C2CC21. The first-order chi connectivity index (χ1) is 9.19. The summed E-state index contributed by atoms with van der Waals surface area (Å²) in [5, 5.41) is 0. The zero-order valence-corrected chi connectivity index (χ0v) is 13.0. The van der Waals surface area contributed by atoms with Gasteiger partial charge in [0.05, 0.1) is 0 Å². The highest BCUT2D eigenvalue weighted by Gasteiger charge is 2.48. The molecule has 0 bridgehead atoms. The molecule has 19 heavy (non-hydrogen) atoms. The maximum Gasteiger partial charge on any atom is 0.0268 e. The Bertz CT molecular complexity index is 304. The highest BCUT2D eigenvalue weighted by Crippen LogP contribution is 2.37. The third-order valence-corrected chi connectivity index (χ3v) is 5.52. The lowest BCUT2D eigenvalue weighted by Gasteiger charge is -2.40. The van der Waals surface area contributed by atoms with Crippen LogP contribution in [0.25, 0.3) is 0 Å². The molecule has 0 aromatic heterocycles. The van der Waals surface area contributed by atoms with Gasteiger partial charge in [-0.05, 0) is 52.1 Å². The van der Waals surface area contributed by atoms with E-state index in [4.69, 9.17) is 0 Å². The smallest absolute Gasteiger partial charge is 0.0268 e. The van der Waals surface area contributed by atoms with E-state index in [1.54, 1.807) is 0 Å². The Morgan fingerprint density at radius 3 is 2.53 bits per heavy atom. The summed E-state index contributed by atoms with van der Waals surface area (Å²) < 4.78 is 0. The fraction of sp³-hybridized carbons (Fsp3) is 1.00. The number of rotatable bonds is 4. The summed E-state index contributed by atoms with van der Waals surface area (Å²) >= 11 is 0. The summed E-state index contributed by atoms with van der Waals surface area (Å²) in [4.78, 5) is 8.18. The van der Waals surface area contributed by atoms with Gasteiger partial charge in [0.25, 0.3) is 0 Å². The van der Waals surface area contributed by atoms with Crippen LogP contribution in [0.4, 0.5) is 0 Å². The topological polar surface area (TPSA) is 9.72 Å². The highest BCUT2D eigenvalue weighted by molar-refractivity contribution is 5.06. The van der Waals surface area contributed by atoms with Gasteiger partial charge in [-0.3, -0.25) is 9.80 Å². The molecule has 2 saturated heterocycles. The summed E-state index contributed by atoms with van der Waals surface area (Å²) in [5.74, 6) is 0.922. The summed E-state index contributed by atoms with van der Waals surface area (Å²) in [5.41, 5.74) is 0. The summed E-state index contributed by atoms with van der Waals surface area (Å²) in [7, 11) is 0. The van der Waals surface area contributed by atoms with Crippen LogP contribution in [0.5, 0.6) is 0 Å². The molecule has 0 aromatic carbocycles. The molecule has 3 atom stereocenters. The Morgan fingerprint density at radius 2 is 1.79 bits per heavy atom. The third kappa shape index (κ3) is 2.98. The van der Waals surface area contributed by atoms with Gasteiger partial charge in [-0.1, -0.05) is 6.92 Å². The van der Waals surface area contributed by atoms with E-state index >= 15 is 0 Å². The van der Waals surface area contributed by atoms with Crippen LogP contribution >= 0.6 is 0 Å². The van der Waals surface area contributed by atoms with Gasteiger partial charge in [-0.15, -0.1) is 0 Å². The molecule has 3 unspecified atom stereocenters. The van der Waals surface area contributed by atoms with Crippen LogP contribution in [0.1, 0.15) is 40.0 Å². The molecule has 1 saturated carbocycles. The number of likely N-dealkylation sites (tertiary alicyclic amines) is 1. The van der Waals surface area contributed by atoms with Crippen LogP contribution in [0.3, 0.4) is 0 Å². The van der Waals surface area contributed by atoms with Crippen molar-refractivity contribution in [2.24, 2.45) is 5.92 Å². The minimum absolute atomic E-state index is 0.730. The normalized spacial score (nSPS) is 37.6. The number of piperazine rings is 1. The predicted molar refractivity (Wildman–Crippen MR) is 80.4 cm³/mol.